The number of para-hydroxylation sites is 1. The van der Waals surface area contributed by atoms with Gasteiger partial charge in [0.1, 0.15) is 11.6 Å². The number of halogens is 1. The van der Waals surface area contributed by atoms with Gasteiger partial charge in [0, 0.05) is 23.3 Å². The number of carbonyl (C=O) groups excluding carboxylic acids is 2. The number of nitrogens with zero attached hydrogens (tertiary/aromatic N) is 1. The molecule has 6 nitrogen and oxygen atoms in total. The van der Waals surface area contributed by atoms with Crippen molar-refractivity contribution < 1.29 is 23.6 Å². The lowest BCUT2D eigenvalue weighted by Gasteiger charge is -2.04. The summed E-state index contributed by atoms with van der Waals surface area (Å²) in [5.74, 6) is -1.24. The lowest BCUT2D eigenvalue weighted by Crippen LogP contribution is -2.05. The highest BCUT2D eigenvalue weighted by Gasteiger charge is 2.11. The number of nitro groups is 1. The number of rotatable bonds is 6. The summed E-state index contributed by atoms with van der Waals surface area (Å²) < 4.78 is 18.1. The van der Waals surface area contributed by atoms with Crippen LogP contribution in [0, 0.1) is 15.9 Å². The normalized spacial score (nSPS) is 10.7. The van der Waals surface area contributed by atoms with Crippen molar-refractivity contribution in [2.75, 3.05) is 0 Å². The molecule has 29 heavy (non-hydrogen) atoms. The van der Waals surface area contributed by atoms with Crippen LogP contribution in [0.3, 0.4) is 0 Å². The molecule has 0 unspecified atom stereocenters. The fourth-order valence-corrected chi connectivity index (χ4v) is 2.55. The van der Waals surface area contributed by atoms with Gasteiger partial charge in [-0.05, 0) is 60.7 Å². The molecule has 0 aliphatic heterocycles. The van der Waals surface area contributed by atoms with Crippen LogP contribution in [-0.4, -0.2) is 16.7 Å². The standard InChI is InChI=1S/C22H14FNO5/c23-18-10-5-16(6-11-18)22(26)17-7-12-19(13-8-17)29-21(25)14-9-15-3-1-2-4-20(15)24(27)28/h1-14H/b14-9+. The molecule has 0 N–H and O–H groups in total. The molecule has 0 aromatic heterocycles. The maximum Gasteiger partial charge on any atom is 0.336 e. The Labute approximate surface area is 165 Å². The first-order chi connectivity index (χ1) is 13.9. The summed E-state index contributed by atoms with van der Waals surface area (Å²) in [5.41, 5.74) is 0.838. The zero-order chi connectivity index (χ0) is 20.8. The van der Waals surface area contributed by atoms with E-state index in [4.69, 9.17) is 4.74 Å². The zero-order valence-electron chi connectivity index (χ0n) is 14.9. The van der Waals surface area contributed by atoms with E-state index in [-0.39, 0.29) is 22.8 Å². The van der Waals surface area contributed by atoms with Gasteiger partial charge in [-0.2, -0.15) is 0 Å². The van der Waals surface area contributed by atoms with Crippen LogP contribution in [0.15, 0.2) is 78.9 Å². The molecule has 144 valence electrons. The van der Waals surface area contributed by atoms with Crippen molar-refractivity contribution in [1.82, 2.24) is 0 Å². The fourth-order valence-electron chi connectivity index (χ4n) is 2.55. The number of esters is 1. The van der Waals surface area contributed by atoms with Gasteiger partial charge >= 0.3 is 5.97 Å². The fraction of sp³-hybridized carbons (Fsp3) is 0. The Morgan fingerprint density at radius 2 is 1.48 bits per heavy atom. The van der Waals surface area contributed by atoms with Gasteiger partial charge in [0.15, 0.2) is 5.78 Å². The number of hydrogen-bond donors (Lipinski definition) is 0. The molecule has 0 saturated carbocycles. The number of ketones is 1. The Hall–Kier alpha value is -4.13. The highest BCUT2D eigenvalue weighted by molar-refractivity contribution is 6.09. The van der Waals surface area contributed by atoms with Crippen LogP contribution < -0.4 is 4.74 Å². The molecule has 0 atom stereocenters. The summed E-state index contributed by atoms with van der Waals surface area (Å²) in [7, 11) is 0. The summed E-state index contributed by atoms with van der Waals surface area (Å²) in [6.45, 7) is 0. The first-order valence-corrected chi connectivity index (χ1v) is 8.48. The number of carbonyl (C=O) groups is 2. The average Bonchev–Trinajstić information content (AvgIpc) is 2.73. The predicted octanol–water partition coefficient (Wildman–Crippen LogP) is 4.58. The molecule has 0 spiro atoms. The molecule has 0 saturated heterocycles. The molecule has 3 aromatic carbocycles. The second-order valence-corrected chi connectivity index (χ2v) is 5.93. The molecular formula is C22H14FNO5. The molecule has 0 bridgehead atoms. The van der Waals surface area contributed by atoms with E-state index in [1.165, 1.54) is 72.8 Å². The Morgan fingerprint density at radius 1 is 0.897 bits per heavy atom. The molecule has 3 rings (SSSR count). The van der Waals surface area contributed by atoms with Gasteiger partial charge < -0.3 is 4.74 Å². The topological polar surface area (TPSA) is 86.5 Å². The van der Waals surface area contributed by atoms with Gasteiger partial charge in [0.05, 0.1) is 10.5 Å². The molecule has 0 aliphatic carbocycles. The molecular weight excluding hydrogens is 377 g/mol. The van der Waals surface area contributed by atoms with E-state index in [9.17, 15) is 24.1 Å². The van der Waals surface area contributed by atoms with Crippen molar-refractivity contribution in [3.8, 4) is 5.75 Å². The lowest BCUT2D eigenvalue weighted by atomic mass is 10.0. The van der Waals surface area contributed by atoms with E-state index in [0.717, 1.165) is 6.08 Å². The third-order valence-electron chi connectivity index (χ3n) is 3.97. The van der Waals surface area contributed by atoms with E-state index in [1.54, 1.807) is 6.07 Å². The predicted molar refractivity (Wildman–Crippen MR) is 104 cm³/mol. The summed E-state index contributed by atoms with van der Waals surface area (Å²) in [6, 6.07) is 17.1. The van der Waals surface area contributed by atoms with Crippen LogP contribution in [0.2, 0.25) is 0 Å². The quantitative estimate of drug-likeness (QED) is 0.153. The van der Waals surface area contributed by atoms with Gasteiger partial charge in [-0.15, -0.1) is 0 Å². The highest BCUT2D eigenvalue weighted by Crippen LogP contribution is 2.20. The lowest BCUT2D eigenvalue weighted by molar-refractivity contribution is -0.385. The first kappa shape index (κ1) is 19.6. The molecule has 0 heterocycles. The molecule has 0 aliphatic rings. The number of nitro benzene ring substituents is 1. The first-order valence-electron chi connectivity index (χ1n) is 8.48. The summed E-state index contributed by atoms with van der Waals surface area (Å²) >= 11 is 0. The summed E-state index contributed by atoms with van der Waals surface area (Å²) in [5, 5.41) is 11.0. The Bertz CT molecular complexity index is 1090. The smallest absolute Gasteiger partial charge is 0.336 e. The van der Waals surface area contributed by atoms with Crippen LogP contribution in [0.5, 0.6) is 5.75 Å². The zero-order valence-corrected chi connectivity index (χ0v) is 14.9. The van der Waals surface area contributed by atoms with Crippen molar-refractivity contribution in [3.63, 3.8) is 0 Å². The van der Waals surface area contributed by atoms with Crippen molar-refractivity contribution in [2.24, 2.45) is 0 Å². The van der Waals surface area contributed by atoms with Crippen LogP contribution in [0.25, 0.3) is 6.08 Å². The van der Waals surface area contributed by atoms with E-state index < -0.39 is 16.7 Å². The van der Waals surface area contributed by atoms with Crippen LogP contribution in [0.1, 0.15) is 21.5 Å². The monoisotopic (exact) mass is 391 g/mol. The van der Waals surface area contributed by atoms with Gasteiger partial charge in [0.2, 0.25) is 0 Å². The maximum absolute atomic E-state index is 13.0. The van der Waals surface area contributed by atoms with E-state index in [1.807, 2.05) is 0 Å². The van der Waals surface area contributed by atoms with Crippen LogP contribution in [0.4, 0.5) is 10.1 Å². The third kappa shape index (κ3) is 4.98. The molecule has 7 heteroatoms. The van der Waals surface area contributed by atoms with E-state index in [2.05, 4.69) is 0 Å². The average molecular weight is 391 g/mol. The number of ether oxygens (including phenoxy) is 1. The molecule has 0 amide bonds. The molecule has 0 fully saturated rings. The van der Waals surface area contributed by atoms with Gasteiger partial charge in [-0.1, -0.05) is 12.1 Å². The Morgan fingerprint density at radius 3 is 2.10 bits per heavy atom. The van der Waals surface area contributed by atoms with Crippen molar-refractivity contribution in [3.05, 3.63) is 111 Å². The van der Waals surface area contributed by atoms with Crippen molar-refractivity contribution in [2.45, 2.75) is 0 Å². The Balaban J connectivity index is 1.67. The van der Waals surface area contributed by atoms with Gasteiger partial charge in [-0.3, -0.25) is 14.9 Å². The maximum atomic E-state index is 13.0. The number of hydrogen-bond acceptors (Lipinski definition) is 5. The minimum atomic E-state index is -0.722. The van der Waals surface area contributed by atoms with Crippen molar-refractivity contribution in [1.29, 1.82) is 0 Å². The summed E-state index contributed by atoms with van der Waals surface area (Å²) in [4.78, 5) is 34.7. The van der Waals surface area contributed by atoms with E-state index >= 15 is 0 Å². The van der Waals surface area contributed by atoms with Crippen LogP contribution >= 0.6 is 0 Å². The largest absolute Gasteiger partial charge is 0.423 e. The van der Waals surface area contributed by atoms with E-state index in [0.29, 0.717) is 11.1 Å². The molecule has 0 radical (unpaired) electrons. The van der Waals surface area contributed by atoms with Gasteiger partial charge in [0.25, 0.3) is 5.69 Å². The second-order valence-electron chi connectivity index (χ2n) is 5.93. The SMILES string of the molecule is O=C(/C=C/c1ccccc1[N+](=O)[O-])Oc1ccc(C(=O)c2ccc(F)cc2)cc1. The minimum absolute atomic E-state index is 0.125. The number of benzene rings is 3. The highest BCUT2D eigenvalue weighted by atomic mass is 19.1. The third-order valence-corrected chi connectivity index (χ3v) is 3.97. The van der Waals surface area contributed by atoms with Gasteiger partial charge in [-0.25, -0.2) is 9.18 Å². The summed E-state index contributed by atoms with van der Waals surface area (Å²) in [6.07, 6.45) is 2.38. The second kappa shape index (κ2) is 8.71. The molecule has 3 aromatic rings. The van der Waals surface area contributed by atoms with Crippen LogP contribution in [-0.2, 0) is 4.79 Å². The van der Waals surface area contributed by atoms with Crippen molar-refractivity contribution >= 4 is 23.5 Å². The Kier molecular flexibility index (Phi) is 5.89. The minimum Gasteiger partial charge on any atom is -0.423 e.